The summed E-state index contributed by atoms with van der Waals surface area (Å²) in [6.45, 7) is 1.17. The molecule has 0 amide bonds. The average molecular weight is 342 g/mol. The maximum atomic E-state index is 3.53. The lowest BCUT2D eigenvalue weighted by Crippen LogP contribution is -2.23. The number of nitrogens with zero attached hydrogens (tertiary/aromatic N) is 1. The Balaban J connectivity index is 1.69. The maximum Gasteiger partial charge on any atom is 0.0545 e. The minimum atomic E-state index is 0.558. The smallest absolute Gasteiger partial charge is 0.0545 e. The second kappa shape index (κ2) is 5.49. The highest BCUT2D eigenvalue weighted by molar-refractivity contribution is 9.10. The van der Waals surface area contributed by atoms with Crippen LogP contribution < -0.4 is 4.90 Å². The Kier molecular flexibility index (Phi) is 3.50. The molecule has 2 heteroatoms. The third-order valence-electron chi connectivity index (χ3n) is 4.78. The van der Waals surface area contributed by atoms with Crippen molar-refractivity contribution < 1.29 is 0 Å². The second-order valence-electron chi connectivity index (χ2n) is 6.23. The summed E-state index contributed by atoms with van der Waals surface area (Å²) in [5.74, 6) is 0.827. The van der Waals surface area contributed by atoms with Crippen molar-refractivity contribution in [3.05, 3.63) is 64.1 Å². The molecule has 2 fully saturated rings. The van der Waals surface area contributed by atoms with Crippen LogP contribution in [-0.2, 0) is 0 Å². The predicted molar refractivity (Wildman–Crippen MR) is 91.9 cm³/mol. The molecule has 1 heterocycles. The van der Waals surface area contributed by atoms with E-state index in [0.29, 0.717) is 6.04 Å². The van der Waals surface area contributed by atoms with Gasteiger partial charge >= 0.3 is 0 Å². The molecule has 0 N–H and O–H groups in total. The van der Waals surface area contributed by atoms with Gasteiger partial charge in [-0.25, -0.2) is 0 Å². The third kappa shape index (κ3) is 2.62. The second-order valence-corrected chi connectivity index (χ2v) is 7.15. The van der Waals surface area contributed by atoms with Crippen LogP contribution in [0.4, 0.5) is 5.69 Å². The van der Waals surface area contributed by atoms with Gasteiger partial charge in [0.15, 0.2) is 0 Å². The summed E-state index contributed by atoms with van der Waals surface area (Å²) in [6.07, 6.45) is 5.32. The lowest BCUT2D eigenvalue weighted by molar-refractivity contribution is 0.709. The van der Waals surface area contributed by atoms with Gasteiger partial charge in [-0.3, -0.25) is 0 Å². The first-order valence-corrected chi connectivity index (χ1v) is 8.73. The Bertz CT molecular complexity index is 630. The van der Waals surface area contributed by atoms with Gasteiger partial charge in [0.25, 0.3) is 0 Å². The number of anilines is 1. The van der Waals surface area contributed by atoms with E-state index in [4.69, 9.17) is 0 Å². The lowest BCUT2D eigenvalue weighted by atomic mass is 9.95. The first kappa shape index (κ1) is 13.4. The Morgan fingerprint density at radius 3 is 2.29 bits per heavy atom. The van der Waals surface area contributed by atoms with Gasteiger partial charge in [0, 0.05) is 16.7 Å². The van der Waals surface area contributed by atoms with Crippen molar-refractivity contribution in [2.75, 3.05) is 11.4 Å². The molecule has 21 heavy (non-hydrogen) atoms. The van der Waals surface area contributed by atoms with Gasteiger partial charge < -0.3 is 4.90 Å². The van der Waals surface area contributed by atoms with E-state index in [1.807, 2.05) is 0 Å². The number of halogens is 1. The summed E-state index contributed by atoms with van der Waals surface area (Å²) in [4.78, 5) is 2.59. The van der Waals surface area contributed by atoms with Crippen LogP contribution in [0, 0.1) is 0 Å². The molecule has 1 aliphatic heterocycles. The van der Waals surface area contributed by atoms with Gasteiger partial charge in [-0.15, -0.1) is 0 Å². The molecule has 0 bridgehead atoms. The molecule has 2 aliphatic rings. The van der Waals surface area contributed by atoms with Gasteiger partial charge in [0.1, 0.15) is 0 Å². The Hall–Kier alpha value is -1.28. The summed E-state index contributed by atoms with van der Waals surface area (Å²) in [5.41, 5.74) is 4.53. The van der Waals surface area contributed by atoms with E-state index in [2.05, 4.69) is 69.4 Å². The van der Waals surface area contributed by atoms with Gasteiger partial charge in [-0.2, -0.15) is 0 Å². The van der Waals surface area contributed by atoms with E-state index >= 15 is 0 Å². The summed E-state index contributed by atoms with van der Waals surface area (Å²) < 4.78 is 1.15. The minimum Gasteiger partial charge on any atom is -0.364 e. The van der Waals surface area contributed by atoms with Gasteiger partial charge in [0.2, 0.25) is 0 Å². The number of hydrogen-bond donors (Lipinski definition) is 0. The van der Waals surface area contributed by atoms with E-state index in [9.17, 15) is 0 Å². The fraction of sp³-hybridized carbons (Fsp3) is 0.368. The standard InChI is InChI=1S/C19H20BrN/c20-15-9-11-16(12-10-15)21-13-3-6-19(21)18-5-2-1-4-17(18)14-7-8-14/h1-2,4-5,9-12,14,19H,3,6-8,13H2/t19-/m1/s1. The van der Waals surface area contributed by atoms with Crippen molar-refractivity contribution in [3.63, 3.8) is 0 Å². The van der Waals surface area contributed by atoms with Crippen LogP contribution >= 0.6 is 15.9 Å². The van der Waals surface area contributed by atoms with Gasteiger partial charge in [-0.1, -0.05) is 40.2 Å². The van der Waals surface area contributed by atoms with Crippen LogP contribution in [-0.4, -0.2) is 6.54 Å². The van der Waals surface area contributed by atoms with Crippen molar-refractivity contribution in [1.29, 1.82) is 0 Å². The third-order valence-corrected chi connectivity index (χ3v) is 5.31. The SMILES string of the molecule is Brc1ccc(N2CCC[C@@H]2c2ccccc2C2CC2)cc1. The molecule has 1 atom stereocenters. The monoisotopic (exact) mass is 341 g/mol. The van der Waals surface area contributed by atoms with Crippen LogP contribution in [0.5, 0.6) is 0 Å². The molecule has 0 aromatic heterocycles. The zero-order valence-corrected chi connectivity index (χ0v) is 13.7. The molecule has 0 spiro atoms. The number of benzene rings is 2. The van der Waals surface area contributed by atoms with Crippen molar-refractivity contribution in [1.82, 2.24) is 0 Å². The first-order chi connectivity index (χ1) is 10.3. The van der Waals surface area contributed by atoms with E-state index in [1.165, 1.54) is 37.9 Å². The number of rotatable bonds is 3. The van der Waals surface area contributed by atoms with Crippen LogP contribution in [0.3, 0.4) is 0 Å². The lowest BCUT2D eigenvalue weighted by Gasteiger charge is -2.29. The van der Waals surface area contributed by atoms with E-state index in [1.54, 1.807) is 11.1 Å². The summed E-state index contributed by atoms with van der Waals surface area (Å²) >= 11 is 3.53. The highest BCUT2D eigenvalue weighted by Crippen LogP contribution is 2.46. The van der Waals surface area contributed by atoms with E-state index in [-0.39, 0.29) is 0 Å². The molecule has 108 valence electrons. The van der Waals surface area contributed by atoms with Crippen molar-refractivity contribution in [2.24, 2.45) is 0 Å². The van der Waals surface area contributed by atoms with Crippen molar-refractivity contribution in [2.45, 2.75) is 37.6 Å². The summed E-state index contributed by atoms with van der Waals surface area (Å²) in [5, 5.41) is 0. The Morgan fingerprint density at radius 2 is 1.57 bits per heavy atom. The average Bonchev–Trinajstić information content (AvgIpc) is 3.25. The van der Waals surface area contributed by atoms with Gasteiger partial charge in [-0.05, 0) is 67.0 Å². The van der Waals surface area contributed by atoms with E-state index < -0.39 is 0 Å². The van der Waals surface area contributed by atoms with Crippen LogP contribution in [0.1, 0.15) is 48.8 Å². The predicted octanol–water partition coefficient (Wildman–Crippen LogP) is 5.67. The topological polar surface area (TPSA) is 3.24 Å². The molecule has 4 rings (SSSR count). The molecule has 2 aromatic rings. The molecule has 1 saturated carbocycles. The number of hydrogen-bond acceptors (Lipinski definition) is 1. The fourth-order valence-electron chi connectivity index (χ4n) is 3.61. The van der Waals surface area contributed by atoms with Gasteiger partial charge in [0.05, 0.1) is 6.04 Å². The van der Waals surface area contributed by atoms with Crippen molar-refractivity contribution >= 4 is 21.6 Å². The van der Waals surface area contributed by atoms with Crippen LogP contribution in [0.2, 0.25) is 0 Å². The molecule has 1 nitrogen and oxygen atoms in total. The zero-order chi connectivity index (χ0) is 14.2. The molecule has 2 aromatic carbocycles. The minimum absolute atomic E-state index is 0.558. The molecular formula is C19H20BrN. The molecular weight excluding hydrogens is 322 g/mol. The normalized spacial score (nSPS) is 21.8. The molecule has 1 aliphatic carbocycles. The first-order valence-electron chi connectivity index (χ1n) is 7.94. The zero-order valence-electron chi connectivity index (χ0n) is 12.1. The summed E-state index contributed by atoms with van der Waals surface area (Å²) in [7, 11) is 0. The largest absolute Gasteiger partial charge is 0.364 e. The van der Waals surface area contributed by atoms with E-state index in [0.717, 1.165) is 10.4 Å². The Labute approximate surface area is 135 Å². The maximum absolute atomic E-state index is 3.53. The van der Waals surface area contributed by atoms with Crippen LogP contribution in [0.25, 0.3) is 0 Å². The van der Waals surface area contributed by atoms with Crippen molar-refractivity contribution in [3.8, 4) is 0 Å². The quantitative estimate of drug-likeness (QED) is 0.695. The highest BCUT2D eigenvalue weighted by atomic mass is 79.9. The highest BCUT2D eigenvalue weighted by Gasteiger charge is 2.32. The molecule has 0 unspecified atom stereocenters. The molecule has 0 radical (unpaired) electrons. The van der Waals surface area contributed by atoms with Crippen LogP contribution in [0.15, 0.2) is 53.0 Å². The summed E-state index contributed by atoms with van der Waals surface area (Å²) in [6, 6.07) is 18.5. The Morgan fingerprint density at radius 1 is 0.857 bits per heavy atom. The molecule has 1 saturated heterocycles. The fourth-order valence-corrected chi connectivity index (χ4v) is 3.88.